The highest BCUT2D eigenvalue weighted by Gasteiger charge is 2.53. The van der Waals surface area contributed by atoms with E-state index in [1.807, 2.05) is 30.3 Å². The number of hydrogen-bond donors (Lipinski definition) is 3. The van der Waals surface area contributed by atoms with Gasteiger partial charge in [0.1, 0.15) is 5.41 Å². The number of anilines is 1. The maximum absolute atomic E-state index is 13.2. The molecule has 0 spiro atoms. The van der Waals surface area contributed by atoms with E-state index in [0.29, 0.717) is 31.4 Å². The average Bonchev–Trinajstić information content (AvgIpc) is 2.97. The predicted molar refractivity (Wildman–Crippen MR) is 160 cm³/mol. The second kappa shape index (κ2) is 12.1. The summed E-state index contributed by atoms with van der Waals surface area (Å²) >= 11 is 0. The number of aromatic nitrogens is 2. The molecule has 10 heteroatoms. The number of nitrogens with zero attached hydrogens (tertiary/aromatic N) is 2. The first-order valence-corrected chi connectivity index (χ1v) is 14.8. The van der Waals surface area contributed by atoms with Gasteiger partial charge in [-0.05, 0) is 82.4 Å². The van der Waals surface area contributed by atoms with Crippen LogP contribution in [0, 0.1) is 11.3 Å². The molecule has 2 aromatic heterocycles. The molecule has 2 aliphatic rings. The molecule has 7 nitrogen and oxygen atoms in total. The summed E-state index contributed by atoms with van der Waals surface area (Å²) in [6.07, 6.45) is 6.22. The Balaban J connectivity index is 1.22. The maximum atomic E-state index is 13.2. The van der Waals surface area contributed by atoms with Crippen molar-refractivity contribution in [1.82, 2.24) is 15.3 Å². The van der Waals surface area contributed by atoms with E-state index in [9.17, 15) is 22.8 Å². The average molecular weight is 594 g/mol. The van der Waals surface area contributed by atoms with E-state index >= 15 is 0 Å². The van der Waals surface area contributed by atoms with Crippen molar-refractivity contribution in [2.45, 2.75) is 83.0 Å². The summed E-state index contributed by atoms with van der Waals surface area (Å²) in [7, 11) is 0. The number of nitrogens with two attached hydrogens (primary N) is 1. The number of amides is 2. The Bertz CT molecular complexity index is 1450. The summed E-state index contributed by atoms with van der Waals surface area (Å²) in [4.78, 5) is 34.2. The molecule has 1 aromatic carbocycles. The zero-order valence-corrected chi connectivity index (χ0v) is 24.5. The monoisotopic (exact) mass is 593 g/mol. The van der Waals surface area contributed by atoms with Gasteiger partial charge >= 0.3 is 6.18 Å². The second-order valence-electron chi connectivity index (χ2n) is 12.5. The minimum atomic E-state index is -4.62. The Morgan fingerprint density at radius 3 is 2.28 bits per heavy atom. The van der Waals surface area contributed by atoms with E-state index in [2.05, 4.69) is 27.8 Å². The number of pyridine rings is 2. The number of alkyl halides is 3. The first kappa shape index (κ1) is 30.7. The van der Waals surface area contributed by atoms with E-state index in [-0.39, 0.29) is 29.8 Å². The van der Waals surface area contributed by atoms with E-state index in [1.165, 1.54) is 0 Å². The molecule has 2 heterocycles. The number of nitrogens with one attached hydrogen (secondary N) is 2. The second-order valence-corrected chi connectivity index (χ2v) is 12.5. The Morgan fingerprint density at radius 1 is 1.00 bits per heavy atom. The van der Waals surface area contributed by atoms with Crippen LogP contribution in [0.4, 0.5) is 18.9 Å². The molecule has 0 radical (unpaired) electrons. The van der Waals surface area contributed by atoms with Gasteiger partial charge in [-0.3, -0.25) is 19.6 Å². The Morgan fingerprint density at radius 2 is 1.70 bits per heavy atom. The molecule has 0 atom stereocenters. The van der Waals surface area contributed by atoms with Crippen LogP contribution >= 0.6 is 0 Å². The fraction of sp³-hybridized carbons (Fsp3) is 0.455. The van der Waals surface area contributed by atoms with Crippen LogP contribution in [-0.4, -0.2) is 34.0 Å². The largest absolute Gasteiger partial charge is 0.402 e. The van der Waals surface area contributed by atoms with E-state index in [1.54, 1.807) is 18.6 Å². The highest BCUT2D eigenvalue weighted by molar-refractivity contribution is 5.93. The van der Waals surface area contributed by atoms with Crippen molar-refractivity contribution in [3.8, 4) is 22.4 Å². The normalized spacial score (nSPS) is 20.1. The molecule has 43 heavy (non-hydrogen) atoms. The summed E-state index contributed by atoms with van der Waals surface area (Å²) in [5.74, 6) is -1.09. The van der Waals surface area contributed by atoms with Crippen LogP contribution in [0.5, 0.6) is 0 Å². The molecule has 0 bridgehead atoms. The summed E-state index contributed by atoms with van der Waals surface area (Å²) in [6.45, 7) is 1.78. The number of benzene rings is 1. The van der Waals surface area contributed by atoms with E-state index < -0.39 is 17.5 Å². The van der Waals surface area contributed by atoms with Crippen LogP contribution in [0.3, 0.4) is 0 Å². The lowest BCUT2D eigenvalue weighted by Gasteiger charge is -2.38. The molecular weight excluding hydrogens is 555 g/mol. The minimum absolute atomic E-state index is 0.0776. The molecule has 2 saturated carbocycles. The first-order valence-electron chi connectivity index (χ1n) is 14.8. The standard InChI is InChI=1S/C33H38F3N5O2/c1-31(2,33(34,35)36)30(43)41-25-12-6-21(7-13-25)17-28(42)40-26-18-27(23-5-3-16-38-19-23)29(39-20-26)22-8-10-24(11-9-22)32(37)14-4-15-32/h3,5,8-11,16,18-21,25H,4,6-7,12-15,17,37H2,1-2H3,(H,40,42)(H,41,43)/t21-,25-. The van der Waals surface area contributed by atoms with Crippen LogP contribution in [0.1, 0.15) is 70.8 Å². The van der Waals surface area contributed by atoms with Crippen molar-refractivity contribution in [2.24, 2.45) is 17.1 Å². The van der Waals surface area contributed by atoms with E-state index in [0.717, 1.165) is 61.1 Å². The lowest BCUT2D eigenvalue weighted by Crippen LogP contribution is -2.50. The molecule has 0 aliphatic heterocycles. The van der Waals surface area contributed by atoms with Crippen LogP contribution < -0.4 is 16.4 Å². The van der Waals surface area contributed by atoms with Crippen molar-refractivity contribution in [1.29, 1.82) is 0 Å². The lowest BCUT2D eigenvalue weighted by atomic mass is 9.72. The fourth-order valence-corrected chi connectivity index (χ4v) is 5.79. The van der Waals surface area contributed by atoms with Gasteiger partial charge in [-0.2, -0.15) is 13.2 Å². The SMILES string of the molecule is CC(C)(C(=O)N[C@H]1CC[C@H](CC(=O)Nc2cnc(-c3ccc(C4(N)CCC4)cc3)c(-c3cccnc3)c2)CC1)C(F)(F)F. The summed E-state index contributed by atoms with van der Waals surface area (Å²) in [5, 5.41) is 5.53. The van der Waals surface area contributed by atoms with Gasteiger partial charge in [-0.25, -0.2) is 0 Å². The summed E-state index contributed by atoms with van der Waals surface area (Å²) in [6, 6.07) is 13.6. The summed E-state index contributed by atoms with van der Waals surface area (Å²) < 4.78 is 39.6. The third kappa shape index (κ3) is 6.74. The molecule has 3 aromatic rings. The Hall–Kier alpha value is -3.79. The van der Waals surface area contributed by atoms with Gasteiger partial charge in [0.15, 0.2) is 0 Å². The van der Waals surface area contributed by atoms with Crippen molar-refractivity contribution in [3.63, 3.8) is 0 Å². The van der Waals surface area contributed by atoms with Gasteiger partial charge in [0.05, 0.1) is 17.6 Å². The fourth-order valence-electron chi connectivity index (χ4n) is 5.79. The Labute approximate surface area is 249 Å². The number of halogens is 3. The van der Waals surface area contributed by atoms with Gasteiger partial charge in [0.2, 0.25) is 11.8 Å². The number of carbonyl (C=O) groups excluding carboxylic acids is 2. The van der Waals surface area contributed by atoms with Crippen molar-refractivity contribution in [3.05, 3.63) is 66.6 Å². The molecule has 2 aliphatic carbocycles. The quantitative estimate of drug-likeness (QED) is 0.268. The molecular formula is C33H38F3N5O2. The number of hydrogen-bond acceptors (Lipinski definition) is 5. The molecule has 0 saturated heterocycles. The van der Waals surface area contributed by atoms with Gasteiger partial charge in [0.25, 0.3) is 0 Å². The maximum Gasteiger partial charge on any atom is 0.402 e. The zero-order chi connectivity index (χ0) is 30.8. The van der Waals surface area contributed by atoms with E-state index in [4.69, 9.17) is 10.7 Å². The third-order valence-electron chi connectivity index (χ3n) is 9.06. The summed E-state index contributed by atoms with van der Waals surface area (Å²) in [5.41, 5.74) is 8.90. The van der Waals surface area contributed by atoms with Gasteiger partial charge < -0.3 is 16.4 Å². The smallest absolute Gasteiger partial charge is 0.353 e. The lowest BCUT2D eigenvalue weighted by molar-refractivity contribution is -0.211. The number of carbonyl (C=O) groups is 2. The van der Waals surface area contributed by atoms with Crippen LogP contribution in [0.15, 0.2) is 61.1 Å². The van der Waals surface area contributed by atoms with Crippen molar-refractivity contribution in [2.75, 3.05) is 5.32 Å². The molecule has 2 fully saturated rings. The van der Waals surface area contributed by atoms with Crippen LogP contribution in [0.25, 0.3) is 22.4 Å². The molecule has 228 valence electrons. The van der Waals surface area contributed by atoms with Gasteiger partial charge in [-0.1, -0.05) is 30.3 Å². The van der Waals surface area contributed by atoms with Crippen molar-refractivity contribution < 1.29 is 22.8 Å². The first-order chi connectivity index (χ1) is 20.4. The third-order valence-corrected chi connectivity index (χ3v) is 9.06. The predicted octanol–water partition coefficient (Wildman–Crippen LogP) is 6.74. The minimum Gasteiger partial charge on any atom is -0.353 e. The molecule has 2 amide bonds. The molecule has 5 rings (SSSR count). The van der Waals surface area contributed by atoms with Crippen LogP contribution in [0.2, 0.25) is 0 Å². The topological polar surface area (TPSA) is 110 Å². The Kier molecular flexibility index (Phi) is 8.61. The van der Waals surface area contributed by atoms with Crippen molar-refractivity contribution >= 4 is 17.5 Å². The van der Waals surface area contributed by atoms with Crippen LogP contribution in [-0.2, 0) is 15.1 Å². The zero-order valence-electron chi connectivity index (χ0n) is 24.5. The van der Waals surface area contributed by atoms with Gasteiger partial charge in [0, 0.05) is 47.1 Å². The molecule has 4 N–H and O–H groups in total. The molecule has 0 unspecified atom stereocenters. The highest BCUT2D eigenvalue weighted by atomic mass is 19.4. The number of rotatable bonds is 8. The highest BCUT2D eigenvalue weighted by Crippen LogP contribution is 2.40. The van der Waals surface area contributed by atoms with Gasteiger partial charge in [-0.15, -0.1) is 0 Å².